The van der Waals surface area contributed by atoms with Crippen LogP contribution < -0.4 is 0 Å². The predicted octanol–water partition coefficient (Wildman–Crippen LogP) is 0.158. The van der Waals surface area contributed by atoms with Crippen molar-refractivity contribution in [3.63, 3.8) is 0 Å². The van der Waals surface area contributed by atoms with Crippen molar-refractivity contribution >= 4 is 11.3 Å². The molecule has 0 amide bonds. The fourth-order valence-electron chi connectivity index (χ4n) is 0.865. The van der Waals surface area contributed by atoms with Crippen molar-refractivity contribution in [3.05, 3.63) is 21.9 Å². The molecule has 0 saturated heterocycles. The predicted molar refractivity (Wildman–Crippen MR) is 46.8 cm³/mol. The normalized spacial score (nSPS) is 14.9. The van der Waals surface area contributed by atoms with Gasteiger partial charge in [0.2, 0.25) is 0 Å². The maximum atomic E-state index is 9.35. The summed E-state index contributed by atoms with van der Waals surface area (Å²) in [6.07, 6.45) is -2.60. The summed E-state index contributed by atoms with van der Waals surface area (Å²) in [7, 11) is 0. The average Bonchev–Trinajstić information content (AvgIpc) is 2.63. The van der Waals surface area contributed by atoms with Crippen molar-refractivity contribution in [3.8, 4) is 6.07 Å². The monoisotopic (exact) mass is 199 g/mol. The van der Waals surface area contributed by atoms with Gasteiger partial charge in [0.05, 0.1) is 12.7 Å². The zero-order valence-electron chi connectivity index (χ0n) is 6.71. The summed E-state index contributed by atoms with van der Waals surface area (Å²) in [6.45, 7) is -0.0972. The molecule has 70 valence electrons. The number of hydrogen-bond acceptors (Lipinski definition) is 5. The van der Waals surface area contributed by atoms with Crippen LogP contribution in [0.5, 0.6) is 0 Å². The fraction of sp³-hybridized carbons (Fsp3) is 0.375. The molecule has 2 atom stereocenters. The maximum Gasteiger partial charge on any atom is 0.171 e. The van der Waals surface area contributed by atoms with Gasteiger partial charge >= 0.3 is 0 Å². The summed E-state index contributed by atoms with van der Waals surface area (Å²) in [5.74, 6) is 0. The highest BCUT2D eigenvalue weighted by Crippen LogP contribution is 2.25. The molecule has 1 heterocycles. The highest BCUT2D eigenvalue weighted by Gasteiger charge is 2.19. The molecule has 0 spiro atoms. The van der Waals surface area contributed by atoms with Gasteiger partial charge in [0.1, 0.15) is 6.10 Å². The van der Waals surface area contributed by atoms with Gasteiger partial charge in [-0.3, -0.25) is 0 Å². The summed E-state index contributed by atoms with van der Waals surface area (Å²) >= 11 is 1.17. The van der Waals surface area contributed by atoms with Gasteiger partial charge in [0, 0.05) is 9.75 Å². The molecule has 0 aliphatic carbocycles. The third-order valence-corrected chi connectivity index (χ3v) is 2.70. The standard InChI is InChI=1S/C8H9NO3S/c9-3-6(11)8(12)7-2-1-5(4-10)13-7/h1-2,6,8,10-12H,4H2. The molecule has 0 fully saturated rings. The van der Waals surface area contributed by atoms with Gasteiger partial charge < -0.3 is 15.3 Å². The summed E-state index contributed by atoms with van der Waals surface area (Å²) < 4.78 is 0. The Morgan fingerprint density at radius 3 is 2.62 bits per heavy atom. The number of hydrogen-bond donors (Lipinski definition) is 3. The molecule has 0 bridgehead atoms. The van der Waals surface area contributed by atoms with Crippen LogP contribution in [0.4, 0.5) is 0 Å². The van der Waals surface area contributed by atoms with E-state index in [1.54, 1.807) is 18.2 Å². The molecule has 2 unspecified atom stereocenters. The summed E-state index contributed by atoms with van der Waals surface area (Å²) in [4.78, 5) is 1.18. The first-order chi connectivity index (χ1) is 6.19. The van der Waals surface area contributed by atoms with Crippen LogP contribution in [0.25, 0.3) is 0 Å². The van der Waals surface area contributed by atoms with Crippen LogP contribution >= 0.6 is 11.3 Å². The van der Waals surface area contributed by atoms with Crippen LogP contribution in [-0.2, 0) is 6.61 Å². The largest absolute Gasteiger partial charge is 0.391 e. The number of thiophene rings is 1. The quantitative estimate of drug-likeness (QED) is 0.605. The van der Waals surface area contributed by atoms with E-state index >= 15 is 0 Å². The third-order valence-electron chi connectivity index (χ3n) is 1.56. The van der Waals surface area contributed by atoms with Gasteiger partial charge in [0.15, 0.2) is 6.10 Å². The summed E-state index contributed by atoms with van der Waals surface area (Å²) in [5.41, 5.74) is 0. The Morgan fingerprint density at radius 1 is 1.46 bits per heavy atom. The second-order valence-electron chi connectivity index (χ2n) is 2.48. The minimum Gasteiger partial charge on any atom is -0.391 e. The molecule has 5 heteroatoms. The van der Waals surface area contributed by atoms with Crippen molar-refractivity contribution in [1.82, 2.24) is 0 Å². The SMILES string of the molecule is N#CC(O)C(O)c1ccc(CO)s1. The fourth-order valence-corrected chi connectivity index (χ4v) is 1.75. The van der Waals surface area contributed by atoms with Crippen LogP contribution in [0.15, 0.2) is 12.1 Å². The highest BCUT2D eigenvalue weighted by atomic mass is 32.1. The number of rotatable bonds is 3. The number of aliphatic hydroxyl groups is 3. The van der Waals surface area contributed by atoms with E-state index in [1.165, 1.54) is 11.3 Å². The van der Waals surface area contributed by atoms with Crippen LogP contribution in [0, 0.1) is 11.3 Å². The zero-order chi connectivity index (χ0) is 9.84. The van der Waals surface area contributed by atoms with E-state index in [0.29, 0.717) is 9.75 Å². The molecule has 1 aromatic rings. The van der Waals surface area contributed by atoms with Crippen LogP contribution in [0.1, 0.15) is 15.9 Å². The third kappa shape index (κ3) is 2.26. The molecule has 0 aliphatic rings. The van der Waals surface area contributed by atoms with Gasteiger partial charge in [-0.05, 0) is 12.1 Å². The van der Waals surface area contributed by atoms with Crippen molar-refractivity contribution in [2.75, 3.05) is 0 Å². The minimum absolute atomic E-state index is 0.0972. The molecular formula is C8H9NO3S. The topological polar surface area (TPSA) is 84.5 Å². The van der Waals surface area contributed by atoms with E-state index in [0.717, 1.165) is 0 Å². The lowest BCUT2D eigenvalue weighted by Crippen LogP contribution is -2.14. The molecule has 13 heavy (non-hydrogen) atoms. The van der Waals surface area contributed by atoms with Gasteiger partial charge in [-0.2, -0.15) is 5.26 Å². The van der Waals surface area contributed by atoms with Crippen molar-refractivity contribution < 1.29 is 15.3 Å². The molecule has 1 aromatic heterocycles. The minimum atomic E-state index is -1.41. The molecule has 0 saturated carbocycles. The Bertz CT molecular complexity index is 317. The Labute approximate surface area is 79.3 Å². The number of aliphatic hydroxyl groups excluding tert-OH is 3. The van der Waals surface area contributed by atoms with E-state index in [4.69, 9.17) is 15.5 Å². The zero-order valence-corrected chi connectivity index (χ0v) is 7.53. The van der Waals surface area contributed by atoms with Crippen molar-refractivity contribution in [2.45, 2.75) is 18.8 Å². The lowest BCUT2D eigenvalue weighted by Gasteiger charge is -2.08. The average molecular weight is 199 g/mol. The van der Waals surface area contributed by atoms with E-state index in [9.17, 15) is 5.11 Å². The van der Waals surface area contributed by atoms with Gasteiger partial charge in [0.25, 0.3) is 0 Å². The van der Waals surface area contributed by atoms with Gasteiger partial charge in [-0.15, -0.1) is 11.3 Å². The van der Waals surface area contributed by atoms with Crippen LogP contribution in [0.3, 0.4) is 0 Å². The molecular weight excluding hydrogens is 190 g/mol. The first-order valence-corrected chi connectivity index (χ1v) is 4.46. The summed E-state index contributed by atoms with van der Waals surface area (Å²) in [5, 5.41) is 35.4. The molecule has 0 aliphatic heterocycles. The molecule has 4 nitrogen and oxygen atoms in total. The van der Waals surface area contributed by atoms with E-state index in [1.807, 2.05) is 0 Å². The van der Waals surface area contributed by atoms with Crippen molar-refractivity contribution in [1.29, 1.82) is 5.26 Å². The van der Waals surface area contributed by atoms with E-state index < -0.39 is 12.2 Å². The Balaban J connectivity index is 2.78. The molecule has 1 rings (SSSR count). The molecule has 0 radical (unpaired) electrons. The first-order valence-electron chi connectivity index (χ1n) is 3.64. The Morgan fingerprint density at radius 2 is 2.15 bits per heavy atom. The lowest BCUT2D eigenvalue weighted by atomic mass is 10.2. The van der Waals surface area contributed by atoms with Crippen LogP contribution in [0.2, 0.25) is 0 Å². The van der Waals surface area contributed by atoms with Crippen LogP contribution in [-0.4, -0.2) is 21.4 Å². The van der Waals surface area contributed by atoms with Gasteiger partial charge in [-0.25, -0.2) is 0 Å². The second kappa shape index (κ2) is 4.35. The number of nitriles is 1. The Kier molecular flexibility index (Phi) is 3.39. The van der Waals surface area contributed by atoms with E-state index in [2.05, 4.69) is 0 Å². The first kappa shape index (κ1) is 10.2. The van der Waals surface area contributed by atoms with Gasteiger partial charge in [-0.1, -0.05) is 0 Å². The van der Waals surface area contributed by atoms with Crippen molar-refractivity contribution in [2.24, 2.45) is 0 Å². The molecule has 3 N–H and O–H groups in total. The summed E-state index contributed by atoms with van der Waals surface area (Å²) in [6, 6.07) is 4.77. The van der Waals surface area contributed by atoms with E-state index in [-0.39, 0.29) is 6.61 Å². The number of nitrogens with zero attached hydrogens (tertiary/aromatic N) is 1. The molecule has 0 aromatic carbocycles. The smallest absolute Gasteiger partial charge is 0.171 e. The second-order valence-corrected chi connectivity index (χ2v) is 3.68. The maximum absolute atomic E-state index is 9.35. The highest BCUT2D eigenvalue weighted by molar-refractivity contribution is 7.12. The lowest BCUT2D eigenvalue weighted by molar-refractivity contribution is 0.0552. The Hall–Kier alpha value is -0.930.